The average molecular weight is 370 g/mol. The second-order valence-corrected chi connectivity index (χ2v) is 10.1. The number of carbonyl (C=O) groups is 2. The zero-order chi connectivity index (χ0) is 19.6. The smallest absolute Gasteiger partial charge is 0.162 e. The van der Waals surface area contributed by atoms with Crippen molar-refractivity contribution in [3.63, 3.8) is 0 Å². The van der Waals surface area contributed by atoms with Gasteiger partial charge in [0.1, 0.15) is 11.6 Å². The molecule has 146 valence electrons. The van der Waals surface area contributed by atoms with Gasteiger partial charge in [0.25, 0.3) is 0 Å². The molecule has 0 bridgehead atoms. The molecule has 4 aliphatic rings. The van der Waals surface area contributed by atoms with E-state index in [1.54, 1.807) is 0 Å². The number of fused-ring (bicyclic) bond motifs is 5. The lowest BCUT2D eigenvalue weighted by molar-refractivity contribution is -0.161. The summed E-state index contributed by atoms with van der Waals surface area (Å²) >= 11 is 0. The van der Waals surface area contributed by atoms with Gasteiger partial charge in [0.15, 0.2) is 5.70 Å². The number of rotatable bonds is 1. The highest BCUT2D eigenvalue weighted by atomic mass is 16.3. The summed E-state index contributed by atoms with van der Waals surface area (Å²) < 4.78 is 0. The van der Waals surface area contributed by atoms with Crippen molar-refractivity contribution in [1.82, 2.24) is 0 Å². The number of carbonyl (C=O) groups excluding carboxylic acids is 2. The molecule has 0 radical (unpaired) electrons. The van der Waals surface area contributed by atoms with Gasteiger partial charge in [-0.15, -0.1) is 0 Å². The number of hydrogen-bond donors (Lipinski definition) is 1. The maximum Gasteiger partial charge on any atom is 0.162 e. The number of Topliss-reactive ketones (excluding diaryl/α,β-unsaturated/α-hetero) is 2. The Morgan fingerprint density at radius 2 is 1.96 bits per heavy atom. The van der Waals surface area contributed by atoms with Crippen LogP contribution in [0.1, 0.15) is 65.7 Å². The molecule has 0 spiro atoms. The summed E-state index contributed by atoms with van der Waals surface area (Å²) in [5.74, 6) is 1.36. The van der Waals surface area contributed by atoms with Crippen molar-refractivity contribution in [1.29, 1.82) is 0 Å². The summed E-state index contributed by atoms with van der Waals surface area (Å²) in [4.78, 5) is 29.6. The van der Waals surface area contributed by atoms with Gasteiger partial charge >= 0.3 is 0 Å². The quantitative estimate of drug-likeness (QED) is 0.705. The van der Waals surface area contributed by atoms with E-state index in [4.69, 9.17) is 6.57 Å². The molecule has 0 amide bonds. The van der Waals surface area contributed by atoms with Gasteiger partial charge in [-0.1, -0.05) is 19.4 Å². The van der Waals surface area contributed by atoms with E-state index in [1.807, 2.05) is 6.92 Å². The summed E-state index contributed by atoms with van der Waals surface area (Å²) in [6, 6.07) is 0. The lowest BCUT2D eigenvalue weighted by Crippen LogP contribution is -2.58. The number of nitrogens with zero attached hydrogens (tertiary/aromatic N) is 1. The van der Waals surface area contributed by atoms with Gasteiger partial charge in [0.05, 0.1) is 13.2 Å². The molecule has 0 aliphatic heterocycles. The molecule has 4 saturated carbocycles. The van der Waals surface area contributed by atoms with Gasteiger partial charge < -0.3 is 5.11 Å². The first kappa shape index (κ1) is 18.9. The largest absolute Gasteiger partial charge is 0.396 e. The third-order valence-electron chi connectivity index (χ3n) is 8.95. The van der Waals surface area contributed by atoms with Gasteiger partial charge in [0, 0.05) is 24.7 Å². The summed E-state index contributed by atoms with van der Waals surface area (Å²) in [7, 11) is 0. The van der Waals surface area contributed by atoms with Crippen LogP contribution in [0, 0.1) is 47.0 Å². The molecule has 4 rings (SSSR count). The van der Waals surface area contributed by atoms with E-state index in [0.717, 1.165) is 31.4 Å². The molecule has 0 aromatic carbocycles. The van der Waals surface area contributed by atoms with Gasteiger partial charge in [-0.2, -0.15) is 0 Å². The SMILES string of the molecule is [C-]#[N+]/C(C)=C1/CC[C@H]2[C@@H]3CC[C@H]4CC(=O)[C@@H](CO)C[C@]4(C)[C@H]3C(=O)C[C@]12C. The zero-order valence-electron chi connectivity index (χ0n) is 16.8. The minimum atomic E-state index is -0.297. The summed E-state index contributed by atoms with van der Waals surface area (Å²) in [6.07, 6.45) is 5.80. The first-order valence-electron chi connectivity index (χ1n) is 10.5. The van der Waals surface area contributed by atoms with Crippen LogP contribution in [0.5, 0.6) is 0 Å². The van der Waals surface area contributed by atoms with Crippen LogP contribution in [0.3, 0.4) is 0 Å². The summed E-state index contributed by atoms with van der Waals surface area (Å²) in [5, 5.41) is 9.70. The third kappa shape index (κ3) is 2.50. The third-order valence-corrected chi connectivity index (χ3v) is 8.95. The van der Waals surface area contributed by atoms with Crippen molar-refractivity contribution in [2.75, 3.05) is 6.61 Å². The van der Waals surface area contributed by atoms with Gasteiger partial charge in [0.2, 0.25) is 0 Å². The van der Waals surface area contributed by atoms with Crippen molar-refractivity contribution in [3.8, 4) is 0 Å². The van der Waals surface area contributed by atoms with Gasteiger partial charge in [-0.25, -0.2) is 4.85 Å². The number of hydrogen-bond acceptors (Lipinski definition) is 3. The molecule has 0 aromatic rings. The molecule has 4 nitrogen and oxygen atoms in total. The highest BCUT2D eigenvalue weighted by molar-refractivity contribution is 5.87. The van der Waals surface area contributed by atoms with Crippen molar-refractivity contribution >= 4 is 11.6 Å². The van der Waals surface area contributed by atoms with Crippen molar-refractivity contribution < 1.29 is 14.7 Å². The number of aliphatic hydroxyl groups excluding tert-OH is 1. The topological polar surface area (TPSA) is 58.7 Å². The fourth-order valence-corrected chi connectivity index (χ4v) is 7.71. The maximum atomic E-state index is 13.5. The highest BCUT2D eigenvalue weighted by Crippen LogP contribution is 2.66. The molecule has 27 heavy (non-hydrogen) atoms. The second-order valence-electron chi connectivity index (χ2n) is 10.1. The molecule has 0 heterocycles. The Morgan fingerprint density at radius 3 is 2.63 bits per heavy atom. The van der Waals surface area contributed by atoms with Crippen LogP contribution in [0.25, 0.3) is 4.85 Å². The lowest BCUT2D eigenvalue weighted by atomic mass is 9.44. The molecular formula is C23H31NO3. The van der Waals surface area contributed by atoms with Crippen LogP contribution in [0.4, 0.5) is 0 Å². The Morgan fingerprint density at radius 1 is 1.22 bits per heavy atom. The maximum absolute atomic E-state index is 13.5. The van der Waals surface area contributed by atoms with Crippen LogP contribution in [0.15, 0.2) is 11.3 Å². The van der Waals surface area contributed by atoms with E-state index in [-0.39, 0.29) is 41.0 Å². The molecule has 0 aromatic heterocycles. The Kier molecular flexibility index (Phi) is 4.38. The van der Waals surface area contributed by atoms with Crippen LogP contribution < -0.4 is 0 Å². The number of aliphatic hydroxyl groups is 1. The Hall–Kier alpha value is -1.47. The molecule has 1 N–H and O–H groups in total. The first-order chi connectivity index (χ1) is 12.8. The molecule has 4 heteroatoms. The van der Waals surface area contributed by atoms with Crippen LogP contribution in [-0.4, -0.2) is 23.3 Å². The fourth-order valence-electron chi connectivity index (χ4n) is 7.71. The minimum Gasteiger partial charge on any atom is -0.396 e. The monoisotopic (exact) mass is 369 g/mol. The van der Waals surface area contributed by atoms with E-state index in [9.17, 15) is 14.7 Å². The van der Waals surface area contributed by atoms with Crippen LogP contribution in [0.2, 0.25) is 0 Å². The van der Waals surface area contributed by atoms with Gasteiger partial charge in [-0.3, -0.25) is 9.59 Å². The minimum absolute atomic E-state index is 0.0177. The second kappa shape index (κ2) is 6.27. The Bertz CT molecular complexity index is 762. The molecule has 0 saturated heterocycles. The van der Waals surface area contributed by atoms with Crippen molar-refractivity contribution in [2.45, 2.75) is 65.7 Å². The van der Waals surface area contributed by atoms with E-state index in [0.29, 0.717) is 36.9 Å². The zero-order valence-corrected chi connectivity index (χ0v) is 16.8. The van der Waals surface area contributed by atoms with Crippen LogP contribution in [-0.2, 0) is 9.59 Å². The fraction of sp³-hybridized carbons (Fsp3) is 0.783. The number of allylic oxidation sites excluding steroid dienone is 2. The molecule has 4 fully saturated rings. The Balaban J connectivity index is 1.72. The number of ketones is 2. The van der Waals surface area contributed by atoms with E-state index >= 15 is 0 Å². The first-order valence-corrected chi connectivity index (χ1v) is 10.5. The molecular weight excluding hydrogens is 338 g/mol. The lowest BCUT2D eigenvalue weighted by Gasteiger charge is -2.59. The predicted octanol–water partition coefficient (Wildman–Crippen LogP) is 4.19. The predicted molar refractivity (Wildman–Crippen MR) is 102 cm³/mol. The average Bonchev–Trinajstić information content (AvgIpc) is 2.97. The van der Waals surface area contributed by atoms with Crippen molar-refractivity contribution in [2.24, 2.45) is 40.4 Å². The standard InChI is InChI=1S/C23H31NO3/c1-13(24-4)17-7-8-18-16-6-5-15-9-19(26)14(12-25)10-22(15,2)21(16)20(27)11-23(17,18)3/h14-16,18,21,25H,5-12H2,1-3H3/b17-13-/t14-,15+,16+,18+,21-,22+,23-/m1/s1. The Labute approximate surface area is 162 Å². The molecule has 0 unspecified atom stereocenters. The summed E-state index contributed by atoms with van der Waals surface area (Å²) in [6.45, 7) is 13.7. The highest BCUT2D eigenvalue weighted by Gasteiger charge is 2.63. The van der Waals surface area contributed by atoms with Crippen LogP contribution >= 0.6 is 0 Å². The van der Waals surface area contributed by atoms with Crippen molar-refractivity contribution in [3.05, 3.63) is 22.7 Å². The van der Waals surface area contributed by atoms with Gasteiger partial charge in [-0.05, 0) is 67.6 Å². The van der Waals surface area contributed by atoms with E-state index in [1.165, 1.54) is 5.57 Å². The summed E-state index contributed by atoms with van der Waals surface area (Å²) in [5.41, 5.74) is 1.68. The van der Waals surface area contributed by atoms with E-state index in [2.05, 4.69) is 18.7 Å². The van der Waals surface area contributed by atoms with E-state index < -0.39 is 0 Å². The molecule has 4 aliphatic carbocycles. The molecule has 7 atom stereocenters. The normalized spacial score (nSPS) is 48.3.